The normalized spacial score (nSPS) is 10.8. The van der Waals surface area contributed by atoms with Crippen molar-refractivity contribution in [2.45, 2.75) is 26.4 Å². The molecule has 5 nitrogen and oxygen atoms in total. The van der Waals surface area contributed by atoms with E-state index in [4.69, 9.17) is 4.74 Å². The summed E-state index contributed by atoms with van der Waals surface area (Å²) in [4.78, 5) is 26.8. The summed E-state index contributed by atoms with van der Waals surface area (Å²) in [5.41, 5.74) is -0.225. The minimum atomic E-state index is -0.588. The Kier molecular flexibility index (Phi) is 3.83. The predicted molar refractivity (Wildman–Crippen MR) is 60.7 cm³/mol. The van der Waals surface area contributed by atoms with E-state index in [1.807, 2.05) is 0 Å². The molecule has 92 valence electrons. The molecule has 1 heterocycles. The van der Waals surface area contributed by atoms with E-state index in [2.05, 4.69) is 9.72 Å². The molecule has 0 aliphatic rings. The standard InChI is InChI=1S/C12H15NO4/c1-12(2,3)17-10(14)8-5-6-13-9(7-8)11(15)16-4/h5-7H,1-4H3. The smallest absolute Gasteiger partial charge is 0.356 e. The zero-order chi connectivity index (χ0) is 13.1. The first-order chi connectivity index (χ1) is 7.83. The van der Waals surface area contributed by atoms with Crippen LogP contribution in [-0.4, -0.2) is 29.6 Å². The molecule has 0 saturated heterocycles. The molecule has 5 heteroatoms. The summed E-state index contributed by atoms with van der Waals surface area (Å²) in [5.74, 6) is -1.08. The van der Waals surface area contributed by atoms with Crippen molar-refractivity contribution in [2.75, 3.05) is 7.11 Å². The summed E-state index contributed by atoms with van der Waals surface area (Å²) in [5, 5.41) is 0. The van der Waals surface area contributed by atoms with Gasteiger partial charge in [-0.25, -0.2) is 14.6 Å². The van der Waals surface area contributed by atoms with E-state index < -0.39 is 17.5 Å². The lowest BCUT2D eigenvalue weighted by Crippen LogP contribution is -2.24. The van der Waals surface area contributed by atoms with Gasteiger partial charge in [0.25, 0.3) is 0 Å². The summed E-state index contributed by atoms with van der Waals surface area (Å²) in [7, 11) is 1.25. The van der Waals surface area contributed by atoms with Gasteiger partial charge < -0.3 is 9.47 Å². The van der Waals surface area contributed by atoms with E-state index in [0.29, 0.717) is 0 Å². The molecular weight excluding hydrogens is 222 g/mol. The van der Waals surface area contributed by atoms with Gasteiger partial charge in [0, 0.05) is 6.20 Å². The molecule has 17 heavy (non-hydrogen) atoms. The number of nitrogens with zero attached hydrogens (tertiary/aromatic N) is 1. The van der Waals surface area contributed by atoms with Crippen molar-refractivity contribution < 1.29 is 19.1 Å². The molecule has 0 unspecified atom stereocenters. The molecule has 1 rings (SSSR count). The summed E-state index contributed by atoms with van der Waals surface area (Å²) >= 11 is 0. The molecule has 0 spiro atoms. The Labute approximate surface area is 99.8 Å². The Morgan fingerprint density at radius 3 is 2.41 bits per heavy atom. The van der Waals surface area contributed by atoms with Gasteiger partial charge in [-0.05, 0) is 32.9 Å². The van der Waals surface area contributed by atoms with Crippen LogP contribution in [0.15, 0.2) is 18.3 Å². The maximum atomic E-state index is 11.7. The monoisotopic (exact) mass is 237 g/mol. The molecule has 0 saturated carbocycles. The number of carbonyl (C=O) groups is 2. The van der Waals surface area contributed by atoms with Gasteiger partial charge in [0.1, 0.15) is 11.3 Å². The van der Waals surface area contributed by atoms with Crippen molar-refractivity contribution in [2.24, 2.45) is 0 Å². The number of pyridine rings is 1. The van der Waals surface area contributed by atoms with Crippen LogP contribution < -0.4 is 0 Å². The van der Waals surface area contributed by atoms with Crippen molar-refractivity contribution in [3.05, 3.63) is 29.6 Å². The van der Waals surface area contributed by atoms with E-state index in [0.717, 1.165) is 0 Å². The second-order valence-electron chi connectivity index (χ2n) is 4.42. The van der Waals surface area contributed by atoms with Crippen molar-refractivity contribution in [3.63, 3.8) is 0 Å². The molecule has 0 N–H and O–H groups in total. The first kappa shape index (κ1) is 13.2. The molecule has 1 aromatic heterocycles. The fraction of sp³-hybridized carbons (Fsp3) is 0.417. The maximum Gasteiger partial charge on any atom is 0.356 e. The molecule has 0 fully saturated rings. The van der Waals surface area contributed by atoms with Gasteiger partial charge in [0.2, 0.25) is 0 Å². The average Bonchev–Trinajstić information content (AvgIpc) is 2.26. The number of carbonyl (C=O) groups excluding carboxylic acids is 2. The number of aromatic nitrogens is 1. The number of hydrogen-bond acceptors (Lipinski definition) is 5. The topological polar surface area (TPSA) is 65.5 Å². The highest BCUT2D eigenvalue weighted by atomic mass is 16.6. The van der Waals surface area contributed by atoms with Gasteiger partial charge in [-0.2, -0.15) is 0 Å². The van der Waals surface area contributed by atoms with Crippen LogP contribution in [0.3, 0.4) is 0 Å². The third-order valence-corrected chi connectivity index (χ3v) is 1.79. The summed E-state index contributed by atoms with van der Waals surface area (Å²) in [6, 6.07) is 2.83. The molecule has 0 radical (unpaired) electrons. The quantitative estimate of drug-likeness (QED) is 0.734. The summed E-state index contributed by atoms with van der Waals surface area (Å²) in [6.45, 7) is 5.31. The number of esters is 2. The third kappa shape index (κ3) is 3.86. The van der Waals surface area contributed by atoms with Crippen LogP contribution in [0, 0.1) is 0 Å². The fourth-order valence-corrected chi connectivity index (χ4v) is 1.11. The molecule has 0 aliphatic carbocycles. The van der Waals surface area contributed by atoms with Gasteiger partial charge >= 0.3 is 11.9 Å². The van der Waals surface area contributed by atoms with Crippen LogP contribution in [0.2, 0.25) is 0 Å². The van der Waals surface area contributed by atoms with Crippen LogP contribution >= 0.6 is 0 Å². The molecule has 1 aromatic rings. The van der Waals surface area contributed by atoms with Gasteiger partial charge in [-0.3, -0.25) is 0 Å². The third-order valence-electron chi connectivity index (χ3n) is 1.79. The van der Waals surface area contributed by atoms with Crippen molar-refractivity contribution >= 4 is 11.9 Å². The first-order valence-corrected chi connectivity index (χ1v) is 5.11. The number of rotatable bonds is 2. The largest absolute Gasteiger partial charge is 0.464 e. The number of hydrogen-bond donors (Lipinski definition) is 0. The van der Waals surface area contributed by atoms with Gasteiger partial charge in [0.05, 0.1) is 12.7 Å². The van der Waals surface area contributed by atoms with Crippen LogP contribution in [0.5, 0.6) is 0 Å². The average molecular weight is 237 g/mol. The lowest BCUT2D eigenvalue weighted by atomic mass is 10.2. The highest BCUT2D eigenvalue weighted by molar-refractivity contribution is 5.94. The predicted octanol–water partition coefficient (Wildman–Crippen LogP) is 1.82. The molecule has 0 bridgehead atoms. The van der Waals surface area contributed by atoms with E-state index in [-0.39, 0.29) is 11.3 Å². The number of methoxy groups -OCH3 is 1. The Morgan fingerprint density at radius 2 is 1.88 bits per heavy atom. The van der Waals surface area contributed by atoms with E-state index >= 15 is 0 Å². The Morgan fingerprint density at radius 1 is 1.24 bits per heavy atom. The highest BCUT2D eigenvalue weighted by Crippen LogP contribution is 2.12. The Bertz CT molecular complexity index is 434. The van der Waals surface area contributed by atoms with Gasteiger partial charge in [0.15, 0.2) is 0 Å². The summed E-state index contributed by atoms with van der Waals surface area (Å²) in [6.07, 6.45) is 1.37. The minimum Gasteiger partial charge on any atom is -0.464 e. The lowest BCUT2D eigenvalue weighted by Gasteiger charge is -2.19. The molecule has 0 aliphatic heterocycles. The van der Waals surface area contributed by atoms with E-state index in [9.17, 15) is 9.59 Å². The Hall–Kier alpha value is -1.91. The van der Waals surface area contributed by atoms with Crippen LogP contribution in [0.1, 0.15) is 41.6 Å². The lowest BCUT2D eigenvalue weighted by molar-refractivity contribution is 0.00694. The van der Waals surface area contributed by atoms with Gasteiger partial charge in [-0.1, -0.05) is 0 Å². The second-order valence-corrected chi connectivity index (χ2v) is 4.42. The SMILES string of the molecule is COC(=O)c1cc(C(=O)OC(C)(C)C)ccn1. The number of ether oxygens (including phenoxy) is 2. The molecule has 0 atom stereocenters. The molecular formula is C12H15NO4. The first-order valence-electron chi connectivity index (χ1n) is 5.11. The van der Waals surface area contributed by atoms with Crippen molar-refractivity contribution in [1.82, 2.24) is 4.98 Å². The van der Waals surface area contributed by atoms with Gasteiger partial charge in [-0.15, -0.1) is 0 Å². The zero-order valence-corrected chi connectivity index (χ0v) is 10.3. The Balaban J connectivity index is 2.92. The zero-order valence-electron chi connectivity index (χ0n) is 10.3. The van der Waals surface area contributed by atoms with E-state index in [1.54, 1.807) is 20.8 Å². The summed E-state index contributed by atoms with van der Waals surface area (Å²) < 4.78 is 9.69. The highest BCUT2D eigenvalue weighted by Gasteiger charge is 2.19. The van der Waals surface area contributed by atoms with Crippen molar-refractivity contribution in [3.8, 4) is 0 Å². The van der Waals surface area contributed by atoms with Crippen LogP contribution in [-0.2, 0) is 9.47 Å². The second kappa shape index (κ2) is 4.95. The van der Waals surface area contributed by atoms with Crippen molar-refractivity contribution in [1.29, 1.82) is 0 Å². The molecule has 0 aromatic carbocycles. The van der Waals surface area contributed by atoms with Crippen LogP contribution in [0.4, 0.5) is 0 Å². The van der Waals surface area contributed by atoms with Crippen LogP contribution in [0.25, 0.3) is 0 Å². The minimum absolute atomic E-state index is 0.0795. The molecule has 0 amide bonds. The fourth-order valence-electron chi connectivity index (χ4n) is 1.11. The maximum absolute atomic E-state index is 11.7. The van der Waals surface area contributed by atoms with E-state index in [1.165, 1.54) is 25.4 Å².